The van der Waals surface area contributed by atoms with E-state index in [4.69, 9.17) is 4.74 Å². The first kappa shape index (κ1) is 23.4. The number of carbonyl (C=O) groups is 2. The van der Waals surface area contributed by atoms with Gasteiger partial charge in [-0.15, -0.1) is 0 Å². The van der Waals surface area contributed by atoms with Crippen molar-refractivity contribution in [2.24, 2.45) is 0 Å². The fourth-order valence-electron chi connectivity index (χ4n) is 2.72. The molecular weight excluding hydrogens is 406 g/mol. The van der Waals surface area contributed by atoms with Crippen LogP contribution in [0.1, 0.15) is 24.2 Å². The molecular formula is C22H22F2N4O3. The molecule has 162 valence electrons. The molecule has 0 fully saturated rings. The van der Waals surface area contributed by atoms with E-state index in [1.165, 1.54) is 38.7 Å². The molecule has 0 saturated heterocycles. The first-order valence-corrected chi connectivity index (χ1v) is 9.38. The lowest BCUT2D eigenvalue weighted by Crippen LogP contribution is -2.28. The van der Waals surface area contributed by atoms with E-state index < -0.39 is 17.5 Å². The summed E-state index contributed by atoms with van der Waals surface area (Å²) in [6.45, 7) is 4.00. The summed E-state index contributed by atoms with van der Waals surface area (Å²) in [4.78, 5) is 32.8. The maximum atomic E-state index is 14.1. The number of halogens is 2. The second-order valence-corrected chi connectivity index (χ2v) is 5.93. The van der Waals surface area contributed by atoms with Gasteiger partial charge in [0.2, 0.25) is 12.3 Å². The number of pyridine rings is 2. The van der Waals surface area contributed by atoms with Crippen LogP contribution in [0.25, 0.3) is 11.1 Å². The Hall–Kier alpha value is -3.88. The van der Waals surface area contributed by atoms with Crippen molar-refractivity contribution < 1.29 is 23.1 Å². The smallest absolute Gasteiger partial charge is 0.263 e. The summed E-state index contributed by atoms with van der Waals surface area (Å²) in [7, 11) is 2.72. The molecule has 2 amide bonds. The molecule has 2 aromatic heterocycles. The Labute approximate surface area is 178 Å². The molecule has 0 aliphatic rings. The number of rotatable bonds is 6. The zero-order chi connectivity index (χ0) is 23.0. The van der Waals surface area contributed by atoms with Crippen molar-refractivity contribution in [1.82, 2.24) is 9.97 Å². The minimum Gasteiger partial charge on any atom is -0.480 e. The van der Waals surface area contributed by atoms with Gasteiger partial charge in [0.25, 0.3) is 5.91 Å². The number of hydrogen-bond donors (Lipinski definition) is 1. The number of nitrogens with one attached hydrogen (secondary N) is 1. The molecule has 31 heavy (non-hydrogen) atoms. The molecule has 3 aromatic rings. The minimum absolute atomic E-state index is 0.0495. The quantitative estimate of drug-likeness (QED) is 0.592. The van der Waals surface area contributed by atoms with Crippen LogP contribution in [0, 0.1) is 11.6 Å². The van der Waals surface area contributed by atoms with Crippen molar-refractivity contribution >= 4 is 23.8 Å². The largest absolute Gasteiger partial charge is 0.480 e. The summed E-state index contributed by atoms with van der Waals surface area (Å²) in [6.07, 6.45) is 3.49. The number of nitrogens with zero attached hydrogens (tertiary/aromatic N) is 3. The summed E-state index contributed by atoms with van der Waals surface area (Å²) in [6, 6.07) is 7.75. The van der Waals surface area contributed by atoms with Crippen LogP contribution >= 0.6 is 0 Å². The Balaban J connectivity index is 0.00000166. The van der Waals surface area contributed by atoms with E-state index in [-0.39, 0.29) is 17.1 Å². The van der Waals surface area contributed by atoms with E-state index in [0.717, 1.165) is 11.0 Å². The molecule has 0 aliphatic heterocycles. The van der Waals surface area contributed by atoms with Crippen molar-refractivity contribution in [1.29, 1.82) is 0 Å². The molecule has 1 aromatic carbocycles. The highest BCUT2D eigenvalue weighted by molar-refractivity contribution is 6.08. The first-order chi connectivity index (χ1) is 14.9. The molecule has 2 heterocycles. The van der Waals surface area contributed by atoms with Crippen LogP contribution in [-0.4, -0.2) is 36.4 Å². The van der Waals surface area contributed by atoms with Crippen LogP contribution < -0.4 is 15.0 Å². The highest BCUT2D eigenvalue weighted by Crippen LogP contribution is 2.28. The summed E-state index contributed by atoms with van der Waals surface area (Å²) in [5, 5.41) is 2.44. The van der Waals surface area contributed by atoms with E-state index in [1.54, 1.807) is 12.1 Å². The van der Waals surface area contributed by atoms with Gasteiger partial charge in [-0.3, -0.25) is 9.59 Å². The predicted octanol–water partition coefficient (Wildman–Crippen LogP) is 4.30. The summed E-state index contributed by atoms with van der Waals surface area (Å²) in [5.41, 5.74) is 1.19. The molecule has 9 heteroatoms. The maximum absolute atomic E-state index is 14.1. The van der Waals surface area contributed by atoms with Crippen molar-refractivity contribution in [3.8, 4) is 17.0 Å². The number of anilines is 2. The number of hydrogen-bond acceptors (Lipinski definition) is 5. The van der Waals surface area contributed by atoms with Gasteiger partial charge in [0.05, 0.1) is 12.8 Å². The van der Waals surface area contributed by atoms with Crippen LogP contribution in [0.15, 0.2) is 48.8 Å². The van der Waals surface area contributed by atoms with Crippen molar-refractivity contribution in [2.45, 2.75) is 13.8 Å². The van der Waals surface area contributed by atoms with Crippen LogP contribution in [0.2, 0.25) is 0 Å². The van der Waals surface area contributed by atoms with Crippen molar-refractivity contribution in [2.75, 3.05) is 24.4 Å². The van der Waals surface area contributed by atoms with Gasteiger partial charge in [-0.2, -0.15) is 0 Å². The van der Waals surface area contributed by atoms with Crippen LogP contribution in [0.3, 0.4) is 0 Å². The molecule has 0 radical (unpaired) electrons. The van der Waals surface area contributed by atoms with E-state index >= 15 is 0 Å². The normalized spacial score (nSPS) is 9.87. The van der Waals surface area contributed by atoms with Gasteiger partial charge in [-0.05, 0) is 35.9 Å². The Bertz CT molecular complexity index is 1080. The second kappa shape index (κ2) is 10.8. The lowest BCUT2D eigenvalue weighted by molar-refractivity contribution is -0.105. The zero-order valence-electron chi connectivity index (χ0n) is 17.5. The average Bonchev–Trinajstić information content (AvgIpc) is 2.79. The molecule has 0 spiro atoms. The Kier molecular flexibility index (Phi) is 8.13. The molecule has 0 atom stereocenters. The van der Waals surface area contributed by atoms with Gasteiger partial charge in [0.15, 0.2) is 0 Å². The Morgan fingerprint density at radius 2 is 1.84 bits per heavy atom. The van der Waals surface area contributed by atoms with E-state index in [1.807, 2.05) is 13.8 Å². The van der Waals surface area contributed by atoms with E-state index in [0.29, 0.717) is 29.4 Å². The number of methoxy groups -OCH3 is 1. The van der Waals surface area contributed by atoms with Gasteiger partial charge in [0.1, 0.15) is 23.0 Å². The molecule has 1 N–H and O–H groups in total. The maximum Gasteiger partial charge on any atom is 0.263 e. The fraction of sp³-hybridized carbons (Fsp3) is 0.182. The van der Waals surface area contributed by atoms with Crippen LogP contribution in [0.4, 0.5) is 20.3 Å². The third-order valence-corrected chi connectivity index (χ3v) is 4.15. The number of benzene rings is 1. The topological polar surface area (TPSA) is 84.4 Å². The Morgan fingerprint density at radius 1 is 1.10 bits per heavy atom. The van der Waals surface area contributed by atoms with Crippen molar-refractivity contribution in [3.05, 3.63) is 66.0 Å². The Morgan fingerprint density at radius 3 is 2.48 bits per heavy atom. The second-order valence-electron chi connectivity index (χ2n) is 5.93. The van der Waals surface area contributed by atoms with Gasteiger partial charge < -0.3 is 15.0 Å². The van der Waals surface area contributed by atoms with E-state index in [2.05, 4.69) is 15.3 Å². The number of ether oxygens (including phenoxy) is 1. The average molecular weight is 428 g/mol. The van der Waals surface area contributed by atoms with Crippen LogP contribution in [-0.2, 0) is 4.79 Å². The van der Waals surface area contributed by atoms with Gasteiger partial charge in [-0.25, -0.2) is 18.7 Å². The molecule has 0 aliphatic carbocycles. The zero-order valence-corrected chi connectivity index (χ0v) is 17.5. The molecule has 0 saturated carbocycles. The SMILES string of the molecule is CC.COc1ncc(-c2ccnc(NC=O)c2)cc1C(=O)N(C)c1ccc(F)cc1F. The highest BCUT2D eigenvalue weighted by atomic mass is 19.1. The monoisotopic (exact) mass is 428 g/mol. The molecule has 0 bridgehead atoms. The third kappa shape index (κ3) is 5.39. The predicted molar refractivity (Wildman–Crippen MR) is 114 cm³/mol. The highest BCUT2D eigenvalue weighted by Gasteiger charge is 2.22. The van der Waals surface area contributed by atoms with Gasteiger partial charge in [0, 0.05) is 31.1 Å². The molecule has 3 rings (SSSR count). The van der Waals surface area contributed by atoms with Gasteiger partial charge >= 0.3 is 0 Å². The number of aromatic nitrogens is 2. The number of amides is 2. The lowest BCUT2D eigenvalue weighted by atomic mass is 10.1. The molecule has 0 unspecified atom stereocenters. The third-order valence-electron chi connectivity index (χ3n) is 4.15. The lowest BCUT2D eigenvalue weighted by Gasteiger charge is -2.19. The fourth-order valence-corrected chi connectivity index (χ4v) is 2.72. The summed E-state index contributed by atoms with van der Waals surface area (Å²) >= 11 is 0. The van der Waals surface area contributed by atoms with Gasteiger partial charge in [-0.1, -0.05) is 13.8 Å². The summed E-state index contributed by atoms with van der Waals surface area (Å²) < 4.78 is 32.4. The molecule has 7 nitrogen and oxygen atoms in total. The number of carbonyl (C=O) groups excluding carboxylic acids is 2. The summed E-state index contributed by atoms with van der Waals surface area (Å²) in [5.74, 6) is -1.84. The standard InChI is InChI=1S/C20H16F2N4O3.C2H6/c1-26(17-4-3-14(21)9-16(17)22)20(28)15-7-13(10-24-19(15)29-2)12-5-6-23-18(8-12)25-11-27;1-2/h3-11H,1-2H3,(H,23,25,27);1-2H3. The van der Waals surface area contributed by atoms with Crippen LogP contribution in [0.5, 0.6) is 5.88 Å². The first-order valence-electron chi connectivity index (χ1n) is 9.38. The minimum atomic E-state index is -0.873. The van der Waals surface area contributed by atoms with E-state index in [9.17, 15) is 18.4 Å². The van der Waals surface area contributed by atoms with Crippen molar-refractivity contribution in [3.63, 3.8) is 0 Å².